The molecule has 0 aliphatic heterocycles. The Morgan fingerprint density at radius 1 is 1.39 bits per heavy atom. The van der Waals surface area contributed by atoms with Crippen LogP contribution in [0.1, 0.15) is 30.9 Å². The van der Waals surface area contributed by atoms with Gasteiger partial charge in [-0.1, -0.05) is 24.6 Å². The molecule has 1 aromatic heterocycles. The van der Waals surface area contributed by atoms with Gasteiger partial charge in [0.25, 0.3) is 0 Å². The van der Waals surface area contributed by atoms with Crippen LogP contribution in [-0.4, -0.2) is 11.1 Å². The maximum Gasteiger partial charge on any atom is 0.311 e. The minimum Gasteiger partial charge on any atom is -0.481 e. The van der Waals surface area contributed by atoms with Crippen LogP contribution in [0, 0.1) is 5.41 Å². The molecule has 4 nitrogen and oxygen atoms in total. The number of furan rings is 1. The molecule has 3 rings (SSSR count). The zero-order chi connectivity index (χ0) is 12.8. The molecule has 2 aromatic rings. The average molecular weight is 245 g/mol. The number of carboxylic acid groups (broad SMARTS) is 1. The van der Waals surface area contributed by atoms with Crippen molar-refractivity contribution >= 4 is 16.9 Å². The fraction of sp³-hybridized carbons (Fsp3) is 0.357. The van der Waals surface area contributed by atoms with Crippen molar-refractivity contribution in [3.05, 3.63) is 36.1 Å². The van der Waals surface area contributed by atoms with Crippen molar-refractivity contribution in [2.45, 2.75) is 25.3 Å². The van der Waals surface area contributed by atoms with Gasteiger partial charge in [0.15, 0.2) is 0 Å². The summed E-state index contributed by atoms with van der Waals surface area (Å²) in [6, 6.07) is 7.06. The molecule has 4 heteroatoms. The van der Waals surface area contributed by atoms with Crippen molar-refractivity contribution in [1.29, 1.82) is 0 Å². The number of fused-ring (bicyclic) bond motifs is 1. The molecule has 1 heterocycles. The molecule has 1 aliphatic carbocycles. The summed E-state index contributed by atoms with van der Waals surface area (Å²) >= 11 is 0. The molecule has 0 saturated heterocycles. The number of carboxylic acids is 1. The van der Waals surface area contributed by atoms with Crippen molar-refractivity contribution in [1.82, 2.24) is 0 Å². The summed E-state index contributed by atoms with van der Waals surface area (Å²) in [5, 5.41) is 10.3. The summed E-state index contributed by atoms with van der Waals surface area (Å²) in [5.74, 6) is -0.800. The van der Waals surface area contributed by atoms with E-state index in [0.717, 1.165) is 23.0 Å². The highest BCUT2D eigenvalue weighted by Crippen LogP contribution is 2.50. The fourth-order valence-corrected chi connectivity index (χ4v) is 2.75. The zero-order valence-corrected chi connectivity index (χ0v) is 9.93. The van der Waals surface area contributed by atoms with Crippen LogP contribution in [0.15, 0.2) is 34.9 Å². The standard InChI is InChI=1S/C14H15NO3/c15-12(14(13(16)17)6-3-7-14)10-8-18-11-5-2-1-4-9(10)11/h1-2,4-5,8,12H,3,6-7,15H2,(H,16,17). The zero-order valence-electron chi connectivity index (χ0n) is 9.93. The summed E-state index contributed by atoms with van der Waals surface area (Å²) < 4.78 is 5.44. The normalized spacial score (nSPS) is 19.4. The molecule has 18 heavy (non-hydrogen) atoms. The number of hydrogen-bond acceptors (Lipinski definition) is 3. The summed E-state index contributed by atoms with van der Waals surface area (Å²) in [6.07, 6.45) is 3.81. The number of carbonyl (C=O) groups is 1. The van der Waals surface area contributed by atoms with E-state index >= 15 is 0 Å². The van der Waals surface area contributed by atoms with Crippen LogP contribution < -0.4 is 5.73 Å². The molecule has 1 unspecified atom stereocenters. The lowest BCUT2D eigenvalue weighted by Crippen LogP contribution is -2.46. The Morgan fingerprint density at radius 2 is 2.11 bits per heavy atom. The lowest BCUT2D eigenvalue weighted by molar-refractivity contribution is -0.156. The number of nitrogens with two attached hydrogens (primary N) is 1. The van der Waals surface area contributed by atoms with Gasteiger partial charge in [0.1, 0.15) is 5.58 Å². The Bertz CT molecular complexity index is 598. The highest BCUT2D eigenvalue weighted by Gasteiger charge is 2.50. The molecule has 0 spiro atoms. The Kier molecular flexibility index (Phi) is 2.41. The minimum atomic E-state index is -0.813. The van der Waals surface area contributed by atoms with Crippen molar-refractivity contribution in [3.63, 3.8) is 0 Å². The van der Waals surface area contributed by atoms with E-state index in [2.05, 4.69) is 0 Å². The van der Waals surface area contributed by atoms with Gasteiger partial charge in [0.05, 0.1) is 11.7 Å². The topological polar surface area (TPSA) is 76.5 Å². The second-order valence-corrected chi connectivity index (χ2v) is 4.98. The SMILES string of the molecule is NC(c1coc2ccccc12)C1(C(=O)O)CCC1. The monoisotopic (exact) mass is 245 g/mol. The third-order valence-electron chi connectivity index (χ3n) is 4.11. The lowest BCUT2D eigenvalue weighted by atomic mass is 9.62. The molecule has 0 amide bonds. The summed E-state index contributed by atoms with van der Waals surface area (Å²) in [5.41, 5.74) is 6.94. The second-order valence-electron chi connectivity index (χ2n) is 4.98. The van der Waals surface area contributed by atoms with E-state index < -0.39 is 17.4 Å². The van der Waals surface area contributed by atoms with Crippen LogP contribution in [0.5, 0.6) is 0 Å². The first-order chi connectivity index (χ1) is 8.65. The van der Waals surface area contributed by atoms with Gasteiger partial charge in [-0.3, -0.25) is 4.79 Å². The Labute approximate surface area is 104 Å². The fourth-order valence-electron chi connectivity index (χ4n) is 2.75. The van der Waals surface area contributed by atoms with Gasteiger partial charge in [-0.2, -0.15) is 0 Å². The summed E-state index contributed by atoms with van der Waals surface area (Å²) in [7, 11) is 0. The van der Waals surface area contributed by atoms with Gasteiger partial charge in [-0.05, 0) is 18.9 Å². The lowest BCUT2D eigenvalue weighted by Gasteiger charge is -2.42. The van der Waals surface area contributed by atoms with Crippen LogP contribution >= 0.6 is 0 Å². The number of hydrogen-bond donors (Lipinski definition) is 2. The highest BCUT2D eigenvalue weighted by molar-refractivity contribution is 5.84. The maximum atomic E-state index is 11.5. The number of rotatable bonds is 3. The molecule has 1 aliphatic rings. The molecule has 0 radical (unpaired) electrons. The van der Waals surface area contributed by atoms with E-state index in [1.54, 1.807) is 6.26 Å². The minimum absolute atomic E-state index is 0.507. The van der Waals surface area contributed by atoms with Gasteiger partial charge < -0.3 is 15.3 Å². The second kappa shape index (κ2) is 3.85. The predicted molar refractivity (Wildman–Crippen MR) is 67.1 cm³/mol. The molecule has 1 atom stereocenters. The first-order valence-electron chi connectivity index (χ1n) is 6.10. The molecule has 1 saturated carbocycles. The first kappa shape index (κ1) is 11.3. The number of benzene rings is 1. The quantitative estimate of drug-likeness (QED) is 0.871. The van der Waals surface area contributed by atoms with Crippen molar-refractivity contribution in [2.75, 3.05) is 0 Å². The van der Waals surface area contributed by atoms with Crippen molar-refractivity contribution < 1.29 is 14.3 Å². The van der Waals surface area contributed by atoms with E-state index in [0.29, 0.717) is 12.8 Å². The average Bonchev–Trinajstić information content (AvgIpc) is 2.70. The van der Waals surface area contributed by atoms with Gasteiger partial charge in [-0.15, -0.1) is 0 Å². The predicted octanol–water partition coefficient (Wildman–Crippen LogP) is 2.69. The van der Waals surface area contributed by atoms with Gasteiger partial charge in [-0.25, -0.2) is 0 Å². The van der Waals surface area contributed by atoms with Crippen LogP contribution in [0.4, 0.5) is 0 Å². The maximum absolute atomic E-state index is 11.5. The highest BCUT2D eigenvalue weighted by atomic mass is 16.4. The molecule has 0 bridgehead atoms. The molecular formula is C14H15NO3. The van der Waals surface area contributed by atoms with Crippen molar-refractivity contribution in [3.8, 4) is 0 Å². The Hall–Kier alpha value is -1.81. The summed E-state index contributed by atoms with van der Waals surface area (Å²) in [6.45, 7) is 0. The van der Waals surface area contributed by atoms with E-state index in [1.165, 1.54) is 0 Å². The third kappa shape index (κ3) is 1.39. The molecule has 94 valence electrons. The van der Waals surface area contributed by atoms with Crippen LogP contribution in [-0.2, 0) is 4.79 Å². The Morgan fingerprint density at radius 3 is 2.72 bits per heavy atom. The van der Waals surface area contributed by atoms with Crippen molar-refractivity contribution in [2.24, 2.45) is 11.1 Å². The largest absolute Gasteiger partial charge is 0.481 e. The molecule has 1 aromatic carbocycles. The van der Waals surface area contributed by atoms with Crippen LogP contribution in [0.3, 0.4) is 0 Å². The third-order valence-corrected chi connectivity index (χ3v) is 4.11. The van der Waals surface area contributed by atoms with Gasteiger partial charge in [0.2, 0.25) is 0 Å². The molecule has 1 fully saturated rings. The van der Waals surface area contributed by atoms with E-state index in [9.17, 15) is 9.90 Å². The van der Waals surface area contributed by atoms with E-state index in [-0.39, 0.29) is 0 Å². The van der Waals surface area contributed by atoms with Crippen LogP contribution in [0.2, 0.25) is 0 Å². The van der Waals surface area contributed by atoms with Crippen LogP contribution in [0.25, 0.3) is 11.0 Å². The van der Waals surface area contributed by atoms with Gasteiger partial charge in [0, 0.05) is 17.0 Å². The Balaban J connectivity index is 2.06. The number of aliphatic carboxylic acids is 1. The van der Waals surface area contributed by atoms with E-state index in [4.69, 9.17) is 10.2 Å². The first-order valence-corrected chi connectivity index (χ1v) is 6.10. The number of para-hydroxylation sites is 1. The van der Waals surface area contributed by atoms with Gasteiger partial charge >= 0.3 is 5.97 Å². The van der Waals surface area contributed by atoms with E-state index in [1.807, 2.05) is 24.3 Å². The smallest absolute Gasteiger partial charge is 0.311 e. The molecular weight excluding hydrogens is 230 g/mol. The summed E-state index contributed by atoms with van der Waals surface area (Å²) in [4.78, 5) is 11.5. The molecule has 3 N–H and O–H groups in total.